The molecule has 0 saturated heterocycles. The topological polar surface area (TPSA) is 93.2 Å². The fourth-order valence-corrected chi connectivity index (χ4v) is 2.24. The molecule has 0 bridgehead atoms. The van der Waals surface area contributed by atoms with Gasteiger partial charge < -0.3 is 15.4 Å². The van der Waals surface area contributed by atoms with Gasteiger partial charge >= 0.3 is 5.97 Å². The number of pyridine rings is 1. The molecule has 120 valence electrons. The Hall–Kier alpha value is -2.45. The minimum atomic E-state index is -0.674. The summed E-state index contributed by atoms with van der Waals surface area (Å²) in [5.74, 6) is -0.861. The highest BCUT2D eigenvalue weighted by atomic mass is 35.5. The number of carbonyl (C=O) groups is 2. The Bertz CT molecular complexity index is 702. The number of aromatic nitrogens is 2. The lowest BCUT2D eigenvalue weighted by Crippen LogP contribution is -2.21. The minimum absolute atomic E-state index is 0.138. The first-order valence-electron chi connectivity index (χ1n) is 6.47. The second-order valence-electron chi connectivity index (χ2n) is 4.19. The summed E-state index contributed by atoms with van der Waals surface area (Å²) in [5, 5.41) is 8.02. The van der Waals surface area contributed by atoms with Crippen molar-refractivity contribution in [2.75, 3.05) is 23.8 Å². The average Bonchev–Trinajstić information content (AvgIpc) is 3.02. The number of thiazole rings is 1. The van der Waals surface area contributed by atoms with Gasteiger partial charge in [0.25, 0.3) is 5.91 Å². The van der Waals surface area contributed by atoms with Crippen LogP contribution in [-0.2, 0) is 9.53 Å². The predicted octanol–water partition coefficient (Wildman–Crippen LogP) is 2.58. The fraction of sp³-hybridized carbons (Fsp3) is 0.143. The number of anilines is 2. The van der Waals surface area contributed by atoms with Gasteiger partial charge in [-0.2, -0.15) is 0 Å². The third-order valence-electron chi connectivity index (χ3n) is 2.44. The van der Waals surface area contributed by atoms with Crippen LogP contribution in [0.5, 0.6) is 0 Å². The maximum atomic E-state index is 11.8. The van der Waals surface area contributed by atoms with Crippen molar-refractivity contribution in [3.63, 3.8) is 0 Å². The maximum absolute atomic E-state index is 11.8. The van der Waals surface area contributed by atoms with E-state index < -0.39 is 18.5 Å². The summed E-state index contributed by atoms with van der Waals surface area (Å²) < 4.78 is 4.90. The van der Waals surface area contributed by atoms with Crippen LogP contribution in [0.15, 0.2) is 36.4 Å². The molecule has 0 aromatic carbocycles. The summed E-state index contributed by atoms with van der Waals surface area (Å²) in [6.45, 7) is 3.68. The fourth-order valence-electron chi connectivity index (χ4n) is 1.44. The number of ether oxygens (including phenoxy) is 1. The quantitative estimate of drug-likeness (QED) is 0.587. The number of nitrogens with zero attached hydrogens (tertiary/aromatic N) is 2. The first-order chi connectivity index (χ1) is 11.1. The van der Waals surface area contributed by atoms with Crippen molar-refractivity contribution in [2.24, 2.45) is 0 Å². The number of carbonyl (C=O) groups excluding carboxylic acids is 2. The van der Waals surface area contributed by atoms with Crippen molar-refractivity contribution in [3.8, 4) is 0 Å². The lowest BCUT2D eigenvalue weighted by atomic mass is 10.4. The maximum Gasteiger partial charge on any atom is 0.358 e. The van der Waals surface area contributed by atoms with E-state index in [9.17, 15) is 9.59 Å². The average molecular weight is 353 g/mol. The van der Waals surface area contributed by atoms with Crippen LogP contribution in [0.2, 0.25) is 5.02 Å². The van der Waals surface area contributed by atoms with Crippen LogP contribution in [0.25, 0.3) is 0 Å². The van der Waals surface area contributed by atoms with Crippen molar-refractivity contribution in [3.05, 3.63) is 47.1 Å². The monoisotopic (exact) mass is 352 g/mol. The molecule has 0 fully saturated rings. The van der Waals surface area contributed by atoms with Gasteiger partial charge in [-0.15, -0.1) is 17.9 Å². The number of amides is 1. The SMILES string of the molecule is C=CCNc1nc(C(=O)OCC(=O)Nc2ccc(Cl)cn2)cs1. The summed E-state index contributed by atoms with van der Waals surface area (Å²) >= 11 is 6.95. The molecule has 1 amide bonds. The summed E-state index contributed by atoms with van der Waals surface area (Å²) in [7, 11) is 0. The minimum Gasteiger partial charge on any atom is -0.451 e. The first-order valence-corrected chi connectivity index (χ1v) is 7.73. The molecule has 0 unspecified atom stereocenters. The van der Waals surface area contributed by atoms with E-state index in [2.05, 4.69) is 27.2 Å². The first kappa shape index (κ1) is 16.9. The van der Waals surface area contributed by atoms with Crippen molar-refractivity contribution >= 4 is 45.8 Å². The molecule has 0 radical (unpaired) electrons. The highest BCUT2D eigenvalue weighted by molar-refractivity contribution is 7.13. The van der Waals surface area contributed by atoms with E-state index in [4.69, 9.17) is 16.3 Å². The predicted molar refractivity (Wildman–Crippen MR) is 89.0 cm³/mol. The van der Waals surface area contributed by atoms with Gasteiger partial charge in [0.1, 0.15) is 5.82 Å². The summed E-state index contributed by atoms with van der Waals surface area (Å²) in [6, 6.07) is 3.13. The largest absolute Gasteiger partial charge is 0.451 e. The van der Waals surface area contributed by atoms with Crippen molar-refractivity contribution < 1.29 is 14.3 Å². The molecular formula is C14H13ClN4O3S. The molecule has 2 N–H and O–H groups in total. The van der Waals surface area contributed by atoms with Crippen LogP contribution < -0.4 is 10.6 Å². The second kappa shape index (κ2) is 8.25. The third-order valence-corrected chi connectivity index (χ3v) is 3.46. The molecule has 0 aliphatic carbocycles. The Morgan fingerprint density at radius 2 is 2.26 bits per heavy atom. The number of nitrogens with one attached hydrogen (secondary N) is 2. The van der Waals surface area contributed by atoms with E-state index in [1.54, 1.807) is 23.6 Å². The van der Waals surface area contributed by atoms with Gasteiger partial charge in [0.15, 0.2) is 17.4 Å². The van der Waals surface area contributed by atoms with Crippen molar-refractivity contribution in [1.82, 2.24) is 9.97 Å². The second-order valence-corrected chi connectivity index (χ2v) is 5.49. The van der Waals surface area contributed by atoms with E-state index >= 15 is 0 Å². The standard InChI is InChI=1S/C14H13ClN4O3S/c1-2-5-16-14-18-10(8-23-14)13(21)22-7-12(20)19-11-4-3-9(15)6-17-11/h2-4,6,8H,1,5,7H2,(H,16,18)(H,17,19,20). The zero-order chi connectivity index (χ0) is 16.7. The highest BCUT2D eigenvalue weighted by Crippen LogP contribution is 2.16. The molecule has 0 saturated carbocycles. The molecule has 2 heterocycles. The molecule has 2 rings (SSSR count). The van der Waals surface area contributed by atoms with Crippen molar-refractivity contribution in [1.29, 1.82) is 0 Å². The zero-order valence-corrected chi connectivity index (χ0v) is 13.5. The van der Waals surface area contributed by atoms with E-state index in [0.29, 0.717) is 22.5 Å². The Morgan fingerprint density at radius 3 is 2.96 bits per heavy atom. The third kappa shape index (κ3) is 5.35. The van der Waals surface area contributed by atoms with Gasteiger partial charge in [-0.1, -0.05) is 17.7 Å². The van der Waals surface area contributed by atoms with E-state index in [-0.39, 0.29) is 5.69 Å². The molecule has 0 atom stereocenters. The molecule has 2 aromatic rings. The number of halogens is 1. The van der Waals surface area contributed by atoms with Gasteiger partial charge in [0.05, 0.1) is 5.02 Å². The lowest BCUT2D eigenvalue weighted by Gasteiger charge is -2.05. The molecule has 0 aliphatic rings. The zero-order valence-electron chi connectivity index (χ0n) is 11.9. The van der Waals surface area contributed by atoms with Gasteiger partial charge in [-0.25, -0.2) is 14.8 Å². The Labute approximate surface area is 141 Å². The van der Waals surface area contributed by atoms with Crippen LogP contribution in [0.3, 0.4) is 0 Å². The van der Waals surface area contributed by atoms with Crippen LogP contribution in [0.4, 0.5) is 10.9 Å². The van der Waals surface area contributed by atoms with E-state index in [0.717, 1.165) is 0 Å². The van der Waals surface area contributed by atoms with Crippen LogP contribution >= 0.6 is 22.9 Å². The summed E-state index contributed by atoms with van der Waals surface area (Å²) in [4.78, 5) is 31.4. The molecule has 23 heavy (non-hydrogen) atoms. The van der Waals surface area contributed by atoms with Crippen LogP contribution in [0.1, 0.15) is 10.5 Å². The van der Waals surface area contributed by atoms with Gasteiger partial charge in [0, 0.05) is 18.1 Å². The smallest absolute Gasteiger partial charge is 0.358 e. The molecular weight excluding hydrogens is 340 g/mol. The Balaban J connectivity index is 1.81. The van der Waals surface area contributed by atoms with Crippen LogP contribution in [-0.4, -0.2) is 35.0 Å². The highest BCUT2D eigenvalue weighted by Gasteiger charge is 2.14. The lowest BCUT2D eigenvalue weighted by molar-refractivity contribution is -0.119. The van der Waals surface area contributed by atoms with Crippen LogP contribution in [0, 0.1) is 0 Å². The molecule has 0 aliphatic heterocycles. The Morgan fingerprint density at radius 1 is 1.43 bits per heavy atom. The number of rotatable bonds is 7. The normalized spacial score (nSPS) is 9.96. The number of esters is 1. The molecule has 0 spiro atoms. The van der Waals surface area contributed by atoms with E-state index in [1.165, 1.54) is 17.5 Å². The van der Waals surface area contributed by atoms with Gasteiger partial charge in [0.2, 0.25) is 0 Å². The number of hydrogen-bond donors (Lipinski definition) is 2. The Kier molecular flexibility index (Phi) is 6.07. The molecule has 7 nitrogen and oxygen atoms in total. The summed E-state index contributed by atoms with van der Waals surface area (Å²) in [6.07, 6.45) is 3.07. The van der Waals surface area contributed by atoms with Crippen molar-refractivity contribution in [2.45, 2.75) is 0 Å². The van der Waals surface area contributed by atoms with E-state index in [1.807, 2.05) is 0 Å². The molecule has 9 heteroatoms. The molecule has 2 aromatic heterocycles. The number of hydrogen-bond acceptors (Lipinski definition) is 7. The summed E-state index contributed by atoms with van der Waals surface area (Å²) in [5.41, 5.74) is 0.138. The van der Waals surface area contributed by atoms with Gasteiger partial charge in [-0.3, -0.25) is 4.79 Å². The van der Waals surface area contributed by atoms with Gasteiger partial charge in [-0.05, 0) is 12.1 Å².